The summed E-state index contributed by atoms with van der Waals surface area (Å²) in [7, 11) is 0. The Morgan fingerprint density at radius 3 is 2.33 bits per heavy atom. The van der Waals surface area contributed by atoms with Gasteiger partial charge in [-0.3, -0.25) is 14.9 Å². The molecule has 1 N–H and O–H groups in total. The summed E-state index contributed by atoms with van der Waals surface area (Å²) in [4.78, 5) is 23.5. The van der Waals surface area contributed by atoms with Gasteiger partial charge in [0.1, 0.15) is 5.75 Å². The second-order valence-electron chi connectivity index (χ2n) is 8.01. The molecule has 1 aliphatic heterocycles. The zero-order chi connectivity index (χ0) is 23.3. The Morgan fingerprint density at radius 2 is 1.73 bits per heavy atom. The van der Waals surface area contributed by atoms with E-state index in [0.29, 0.717) is 23.4 Å². The molecule has 0 aliphatic carbocycles. The molecule has 168 valence electrons. The number of benzene rings is 3. The average molecular weight is 444 g/mol. The first-order valence-corrected chi connectivity index (χ1v) is 10.6. The minimum atomic E-state index is -0.475. The maximum absolute atomic E-state index is 12.7. The standard InChI is InChI=1S/C26H24N2O5/c1-26(21-8-4-2-5-9-21,22-10-6-3-7-11-22)17-27-24(29)13-12-19-14-23(28(30)31)15-20-16-32-18-33-25(19)20/h2-15H,16-18H2,1H3,(H,27,29)/b13-12+. The summed E-state index contributed by atoms with van der Waals surface area (Å²) in [6.07, 6.45) is 2.91. The topological polar surface area (TPSA) is 90.7 Å². The highest BCUT2D eigenvalue weighted by molar-refractivity contribution is 5.92. The molecule has 0 spiro atoms. The molecule has 1 heterocycles. The summed E-state index contributed by atoms with van der Waals surface area (Å²) in [5.74, 6) is 0.190. The van der Waals surface area contributed by atoms with Crippen molar-refractivity contribution in [3.63, 3.8) is 0 Å². The predicted octanol–water partition coefficient (Wildman–Crippen LogP) is 4.60. The first kappa shape index (κ1) is 22.2. The number of nitrogens with one attached hydrogen (secondary N) is 1. The van der Waals surface area contributed by atoms with E-state index in [1.807, 2.05) is 60.7 Å². The molecular weight excluding hydrogens is 420 g/mol. The van der Waals surface area contributed by atoms with Crippen molar-refractivity contribution in [1.29, 1.82) is 0 Å². The fraction of sp³-hybridized carbons (Fsp3) is 0.192. The van der Waals surface area contributed by atoms with Crippen LogP contribution in [-0.2, 0) is 21.6 Å². The lowest BCUT2D eigenvalue weighted by molar-refractivity contribution is -0.385. The van der Waals surface area contributed by atoms with E-state index in [0.717, 1.165) is 11.1 Å². The lowest BCUT2D eigenvalue weighted by Gasteiger charge is -2.31. The molecule has 1 aliphatic rings. The zero-order valence-electron chi connectivity index (χ0n) is 18.2. The Labute approximate surface area is 191 Å². The van der Waals surface area contributed by atoms with Gasteiger partial charge in [0.25, 0.3) is 5.69 Å². The fourth-order valence-electron chi connectivity index (χ4n) is 3.93. The molecule has 0 unspecified atom stereocenters. The monoisotopic (exact) mass is 444 g/mol. The molecule has 0 atom stereocenters. The van der Waals surface area contributed by atoms with Gasteiger partial charge in [-0.2, -0.15) is 0 Å². The Balaban J connectivity index is 1.55. The van der Waals surface area contributed by atoms with Gasteiger partial charge in [-0.1, -0.05) is 60.7 Å². The molecule has 3 aromatic rings. The van der Waals surface area contributed by atoms with Gasteiger partial charge >= 0.3 is 0 Å². The predicted molar refractivity (Wildman–Crippen MR) is 125 cm³/mol. The minimum Gasteiger partial charge on any atom is -0.467 e. The van der Waals surface area contributed by atoms with Crippen LogP contribution in [0.1, 0.15) is 29.2 Å². The molecule has 3 aromatic carbocycles. The molecule has 0 radical (unpaired) electrons. The van der Waals surface area contributed by atoms with Gasteiger partial charge in [0.15, 0.2) is 6.79 Å². The highest BCUT2D eigenvalue weighted by Gasteiger charge is 2.29. The summed E-state index contributed by atoms with van der Waals surface area (Å²) in [5.41, 5.74) is 2.70. The van der Waals surface area contributed by atoms with Crippen molar-refractivity contribution in [3.05, 3.63) is 111 Å². The molecular formula is C26H24N2O5. The summed E-state index contributed by atoms with van der Waals surface area (Å²) in [5, 5.41) is 14.3. The first-order valence-electron chi connectivity index (χ1n) is 10.6. The van der Waals surface area contributed by atoms with Crippen molar-refractivity contribution in [2.75, 3.05) is 13.3 Å². The Kier molecular flexibility index (Phi) is 6.51. The van der Waals surface area contributed by atoms with E-state index < -0.39 is 10.3 Å². The largest absolute Gasteiger partial charge is 0.467 e. The summed E-state index contributed by atoms with van der Waals surface area (Å²) in [6.45, 7) is 2.74. The van der Waals surface area contributed by atoms with Gasteiger partial charge in [-0.15, -0.1) is 0 Å². The molecule has 1 amide bonds. The highest BCUT2D eigenvalue weighted by atomic mass is 16.7. The van der Waals surface area contributed by atoms with E-state index in [1.54, 1.807) is 0 Å². The van der Waals surface area contributed by atoms with Gasteiger partial charge in [-0.25, -0.2) is 0 Å². The number of nitro benzene ring substituents is 1. The van der Waals surface area contributed by atoms with E-state index in [4.69, 9.17) is 9.47 Å². The third-order valence-corrected chi connectivity index (χ3v) is 5.79. The van der Waals surface area contributed by atoms with Crippen LogP contribution in [0, 0.1) is 10.1 Å². The summed E-state index contributed by atoms with van der Waals surface area (Å²) in [6, 6.07) is 22.8. The normalized spacial score (nSPS) is 13.2. The van der Waals surface area contributed by atoms with E-state index in [2.05, 4.69) is 12.2 Å². The Bertz CT molecular complexity index is 1140. The number of rotatable bonds is 7. The average Bonchev–Trinajstić information content (AvgIpc) is 2.86. The molecule has 7 nitrogen and oxygen atoms in total. The second-order valence-corrected chi connectivity index (χ2v) is 8.01. The number of hydrogen-bond donors (Lipinski definition) is 1. The Morgan fingerprint density at radius 1 is 1.09 bits per heavy atom. The number of amides is 1. The van der Waals surface area contributed by atoms with Crippen LogP contribution in [0.5, 0.6) is 5.75 Å². The van der Waals surface area contributed by atoms with Crippen LogP contribution in [0.2, 0.25) is 0 Å². The van der Waals surface area contributed by atoms with Crippen molar-refractivity contribution >= 4 is 17.7 Å². The number of non-ortho nitro benzene ring substituents is 1. The van der Waals surface area contributed by atoms with Gasteiger partial charge in [0, 0.05) is 41.3 Å². The lowest BCUT2D eigenvalue weighted by atomic mass is 9.76. The number of hydrogen-bond acceptors (Lipinski definition) is 5. The number of ether oxygens (including phenoxy) is 2. The van der Waals surface area contributed by atoms with Crippen LogP contribution in [0.3, 0.4) is 0 Å². The minimum absolute atomic E-state index is 0.0599. The summed E-state index contributed by atoms with van der Waals surface area (Å²) >= 11 is 0. The molecule has 0 bridgehead atoms. The van der Waals surface area contributed by atoms with Gasteiger partial charge < -0.3 is 14.8 Å². The summed E-state index contributed by atoms with van der Waals surface area (Å²) < 4.78 is 10.7. The first-order chi connectivity index (χ1) is 16.0. The zero-order valence-corrected chi connectivity index (χ0v) is 18.2. The third kappa shape index (κ3) is 4.94. The maximum Gasteiger partial charge on any atom is 0.270 e. The van der Waals surface area contributed by atoms with Crippen LogP contribution in [0.25, 0.3) is 6.08 Å². The van der Waals surface area contributed by atoms with Crippen LogP contribution in [0.4, 0.5) is 5.69 Å². The van der Waals surface area contributed by atoms with Gasteiger partial charge in [-0.05, 0) is 24.1 Å². The molecule has 0 aromatic heterocycles. The second kappa shape index (κ2) is 9.67. The highest BCUT2D eigenvalue weighted by Crippen LogP contribution is 2.34. The third-order valence-electron chi connectivity index (χ3n) is 5.79. The molecule has 7 heteroatoms. The molecule has 4 rings (SSSR count). The smallest absolute Gasteiger partial charge is 0.270 e. The van der Waals surface area contributed by atoms with Crippen LogP contribution in [-0.4, -0.2) is 24.2 Å². The quantitative estimate of drug-likeness (QED) is 0.327. The van der Waals surface area contributed by atoms with Gasteiger partial charge in [0.2, 0.25) is 5.91 Å². The van der Waals surface area contributed by atoms with Crippen molar-refractivity contribution in [3.8, 4) is 5.75 Å². The molecule has 0 fully saturated rings. The van der Waals surface area contributed by atoms with Crippen molar-refractivity contribution in [2.24, 2.45) is 0 Å². The number of nitro groups is 1. The van der Waals surface area contributed by atoms with E-state index >= 15 is 0 Å². The Hall–Kier alpha value is -3.97. The van der Waals surface area contributed by atoms with E-state index in [-0.39, 0.29) is 25.0 Å². The lowest BCUT2D eigenvalue weighted by Crippen LogP contribution is -2.39. The van der Waals surface area contributed by atoms with Crippen LogP contribution in [0.15, 0.2) is 78.9 Å². The van der Waals surface area contributed by atoms with Crippen LogP contribution >= 0.6 is 0 Å². The molecule has 33 heavy (non-hydrogen) atoms. The number of carbonyl (C=O) groups excluding carboxylic acids is 1. The number of nitrogens with zero attached hydrogens (tertiary/aromatic N) is 1. The van der Waals surface area contributed by atoms with E-state index in [1.165, 1.54) is 24.3 Å². The SMILES string of the molecule is CC(CNC(=O)/C=C/c1cc([N+](=O)[O-])cc2c1OCOC2)(c1ccccc1)c1ccccc1. The van der Waals surface area contributed by atoms with Crippen molar-refractivity contribution in [2.45, 2.75) is 18.9 Å². The van der Waals surface area contributed by atoms with Crippen molar-refractivity contribution < 1.29 is 19.2 Å². The van der Waals surface area contributed by atoms with Crippen molar-refractivity contribution in [1.82, 2.24) is 5.32 Å². The molecule has 0 saturated carbocycles. The number of fused-ring (bicyclic) bond motifs is 1. The van der Waals surface area contributed by atoms with E-state index in [9.17, 15) is 14.9 Å². The van der Waals surface area contributed by atoms with Gasteiger partial charge in [0.05, 0.1) is 11.5 Å². The fourth-order valence-corrected chi connectivity index (χ4v) is 3.93. The maximum atomic E-state index is 12.7. The van der Waals surface area contributed by atoms with Crippen LogP contribution < -0.4 is 10.1 Å². The molecule has 0 saturated heterocycles. The number of carbonyl (C=O) groups is 1.